The molecule has 1 aliphatic heterocycles. The topological polar surface area (TPSA) is 87.2 Å². The summed E-state index contributed by atoms with van der Waals surface area (Å²) in [6.45, 7) is 2.07. The van der Waals surface area contributed by atoms with Gasteiger partial charge in [-0.2, -0.15) is 0 Å². The first-order valence-corrected chi connectivity index (χ1v) is 10.4. The number of rotatable bonds is 6. The number of fused-ring (bicyclic) bond motifs is 1. The molecular weight excluding hydrogens is 404 g/mol. The SMILES string of the molecule is O=C(Cn1[nH]c(=O)c2ccccc2c1=O)NCC(c1cccc(Cl)c1)N1CCCC1. The summed E-state index contributed by atoms with van der Waals surface area (Å²) in [5.41, 5.74) is 0.249. The number of hydrogen-bond acceptors (Lipinski definition) is 4. The minimum atomic E-state index is -0.397. The predicted octanol–water partition coefficient (Wildman–Crippen LogP) is 2.30. The van der Waals surface area contributed by atoms with Gasteiger partial charge in [-0.1, -0.05) is 35.9 Å². The second-order valence-corrected chi connectivity index (χ2v) is 7.93. The average Bonchev–Trinajstić information content (AvgIpc) is 3.27. The van der Waals surface area contributed by atoms with Crippen molar-refractivity contribution in [1.29, 1.82) is 0 Å². The lowest BCUT2D eigenvalue weighted by Gasteiger charge is -2.28. The van der Waals surface area contributed by atoms with Gasteiger partial charge < -0.3 is 5.32 Å². The van der Waals surface area contributed by atoms with Gasteiger partial charge in [0.15, 0.2) is 0 Å². The number of nitrogens with zero attached hydrogens (tertiary/aromatic N) is 2. The van der Waals surface area contributed by atoms with E-state index in [4.69, 9.17) is 11.6 Å². The first-order valence-electron chi connectivity index (χ1n) is 10.0. The molecule has 0 saturated carbocycles. The third-order valence-corrected chi connectivity index (χ3v) is 5.73. The van der Waals surface area contributed by atoms with Crippen molar-refractivity contribution in [2.45, 2.75) is 25.4 Å². The van der Waals surface area contributed by atoms with Crippen molar-refractivity contribution < 1.29 is 4.79 Å². The van der Waals surface area contributed by atoms with Crippen LogP contribution in [0.2, 0.25) is 5.02 Å². The number of H-pyrrole nitrogens is 1. The zero-order valence-corrected chi connectivity index (χ0v) is 17.2. The average molecular weight is 427 g/mol. The molecule has 156 valence electrons. The summed E-state index contributed by atoms with van der Waals surface area (Å²) >= 11 is 6.17. The molecule has 3 aromatic rings. The Labute approximate surface area is 178 Å². The molecule has 1 atom stereocenters. The third-order valence-electron chi connectivity index (χ3n) is 5.49. The Bertz CT molecular complexity index is 1180. The Morgan fingerprint density at radius 3 is 2.53 bits per heavy atom. The molecule has 0 bridgehead atoms. The van der Waals surface area contributed by atoms with E-state index >= 15 is 0 Å². The van der Waals surface area contributed by atoms with Crippen LogP contribution >= 0.6 is 11.6 Å². The van der Waals surface area contributed by atoms with Crippen LogP contribution in [0.25, 0.3) is 10.8 Å². The van der Waals surface area contributed by atoms with Crippen LogP contribution in [0.4, 0.5) is 0 Å². The molecule has 1 fully saturated rings. The predicted molar refractivity (Wildman–Crippen MR) is 117 cm³/mol. The molecule has 1 unspecified atom stereocenters. The molecular formula is C22H23ClN4O3. The van der Waals surface area contributed by atoms with Crippen molar-refractivity contribution in [2.75, 3.05) is 19.6 Å². The molecule has 1 aromatic heterocycles. The first kappa shape index (κ1) is 20.4. The van der Waals surface area contributed by atoms with Gasteiger partial charge in [-0.25, -0.2) is 4.68 Å². The molecule has 1 amide bonds. The summed E-state index contributed by atoms with van der Waals surface area (Å²) in [6, 6.07) is 14.2. The maximum atomic E-state index is 12.6. The van der Waals surface area contributed by atoms with Crippen molar-refractivity contribution in [3.05, 3.63) is 79.8 Å². The zero-order valence-electron chi connectivity index (χ0n) is 16.4. The number of nitrogens with one attached hydrogen (secondary N) is 2. The Morgan fingerprint density at radius 1 is 1.07 bits per heavy atom. The third kappa shape index (κ3) is 4.32. The van der Waals surface area contributed by atoms with Crippen molar-refractivity contribution in [3.63, 3.8) is 0 Å². The smallest absolute Gasteiger partial charge is 0.273 e. The lowest BCUT2D eigenvalue weighted by molar-refractivity contribution is -0.122. The highest BCUT2D eigenvalue weighted by atomic mass is 35.5. The number of aromatic amines is 1. The Balaban J connectivity index is 1.50. The number of benzene rings is 2. The molecule has 1 aliphatic rings. The Morgan fingerprint density at radius 2 is 1.80 bits per heavy atom. The van der Waals surface area contributed by atoms with Crippen LogP contribution in [0.15, 0.2) is 58.1 Å². The van der Waals surface area contributed by atoms with E-state index in [1.165, 1.54) is 0 Å². The minimum Gasteiger partial charge on any atom is -0.353 e. The molecule has 0 radical (unpaired) electrons. The normalized spacial score (nSPS) is 15.4. The monoisotopic (exact) mass is 426 g/mol. The van der Waals surface area contributed by atoms with Gasteiger partial charge >= 0.3 is 0 Å². The molecule has 1 saturated heterocycles. The van der Waals surface area contributed by atoms with Crippen LogP contribution in [0.3, 0.4) is 0 Å². The van der Waals surface area contributed by atoms with E-state index < -0.39 is 11.1 Å². The fourth-order valence-electron chi connectivity index (χ4n) is 3.99. The second-order valence-electron chi connectivity index (χ2n) is 7.50. The molecule has 2 aromatic carbocycles. The van der Waals surface area contributed by atoms with Crippen molar-refractivity contribution in [3.8, 4) is 0 Å². The van der Waals surface area contributed by atoms with Crippen molar-refractivity contribution >= 4 is 28.3 Å². The van der Waals surface area contributed by atoms with Crippen LogP contribution < -0.4 is 16.4 Å². The lowest BCUT2D eigenvalue weighted by atomic mass is 10.1. The highest BCUT2D eigenvalue weighted by molar-refractivity contribution is 6.30. The molecule has 8 heteroatoms. The Kier molecular flexibility index (Phi) is 6.01. The van der Waals surface area contributed by atoms with Gasteiger partial charge in [-0.15, -0.1) is 0 Å². The van der Waals surface area contributed by atoms with Crippen LogP contribution in [-0.4, -0.2) is 40.2 Å². The van der Waals surface area contributed by atoms with Crippen LogP contribution in [0, 0.1) is 0 Å². The fourth-order valence-corrected chi connectivity index (χ4v) is 4.19. The van der Waals surface area contributed by atoms with E-state index in [-0.39, 0.29) is 18.5 Å². The molecule has 7 nitrogen and oxygen atoms in total. The van der Waals surface area contributed by atoms with E-state index in [0.717, 1.165) is 36.2 Å². The fraction of sp³-hybridized carbons (Fsp3) is 0.318. The largest absolute Gasteiger partial charge is 0.353 e. The maximum Gasteiger partial charge on any atom is 0.273 e. The molecule has 30 heavy (non-hydrogen) atoms. The summed E-state index contributed by atoms with van der Waals surface area (Å²) in [5.74, 6) is -0.339. The maximum absolute atomic E-state index is 12.6. The van der Waals surface area contributed by atoms with E-state index in [9.17, 15) is 14.4 Å². The highest BCUT2D eigenvalue weighted by Gasteiger charge is 2.24. The molecule has 4 rings (SSSR count). The highest BCUT2D eigenvalue weighted by Crippen LogP contribution is 2.26. The summed E-state index contributed by atoms with van der Waals surface area (Å²) in [5, 5.41) is 6.67. The summed E-state index contributed by atoms with van der Waals surface area (Å²) in [4.78, 5) is 39.8. The van der Waals surface area contributed by atoms with E-state index in [0.29, 0.717) is 22.3 Å². The summed E-state index contributed by atoms with van der Waals surface area (Å²) in [7, 11) is 0. The number of carbonyl (C=O) groups is 1. The second kappa shape index (κ2) is 8.85. The minimum absolute atomic E-state index is 0.00234. The Hall–Kier alpha value is -2.90. The quantitative estimate of drug-likeness (QED) is 0.633. The van der Waals surface area contributed by atoms with Crippen molar-refractivity contribution in [2.24, 2.45) is 0 Å². The van der Waals surface area contributed by atoms with E-state index in [1.807, 2.05) is 24.3 Å². The molecule has 2 N–H and O–H groups in total. The van der Waals surface area contributed by atoms with Gasteiger partial charge in [-0.05, 0) is 55.8 Å². The molecule has 2 heterocycles. The molecule has 0 aliphatic carbocycles. The van der Waals surface area contributed by atoms with Crippen LogP contribution in [0.5, 0.6) is 0 Å². The number of hydrogen-bond donors (Lipinski definition) is 2. The summed E-state index contributed by atoms with van der Waals surface area (Å²) < 4.78 is 1.06. The van der Waals surface area contributed by atoms with Gasteiger partial charge in [0.1, 0.15) is 6.54 Å². The number of aromatic nitrogens is 2. The number of carbonyl (C=O) groups excluding carboxylic acids is 1. The first-order chi connectivity index (χ1) is 14.5. The lowest BCUT2D eigenvalue weighted by Crippen LogP contribution is -2.40. The van der Waals surface area contributed by atoms with Gasteiger partial charge in [0.05, 0.1) is 16.8 Å². The van der Waals surface area contributed by atoms with Crippen molar-refractivity contribution in [1.82, 2.24) is 20.0 Å². The van der Waals surface area contributed by atoms with Gasteiger partial charge in [0, 0.05) is 11.6 Å². The van der Waals surface area contributed by atoms with Crippen LogP contribution in [-0.2, 0) is 11.3 Å². The van der Waals surface area contributed by atoms with Crippen LogP contribution in [0.1, 0.15) is 24.4 Å². The van der Waals surface area contributed by atoms with E-state index in [2.05, 4.69) is 15.3 Å². The summed E-state index contributed by atoms with van der Waals surface area (Å²) in [6.07, 6.45) is 2.25. The van der Waals surface area contributed by atoms with Gasteiger partial charge in [0.25, 0.3) is 11.1 Å². The number of amides is 1. The van der Waals surface area contributed by atoms with Gasteiger partial charge in [-0.3, -0.25) is 24.4 Å². The molecule has 0 spiro atoms. The zero-order chi connectivity index (χ0) is 21.1. The van der Waals surface area contributed by atoms with Gasteiger partial charge in [0.2, 0.25) is 5.91 Å². The standard InChI is InChI=1S/C22H23ClN4O3/c23-16-7-5-6-15(12-16)19(26-10-3-4-11-26)13-24-20(28)14-27-22(30)18-9-2-1-8-17(18)21(29)25-27/h1-2,5-9,12,19H,3-4,10-11,13-14H2,(H,24,28)(H,25,29). The van der Waals surface area contributed by atoms with E-state index in [1.54, 1.807) is 24.3 Å². The number of likely N-dealkylation sites (tertiary alicyclic amines) is 1. The number of halogens is 1.